The van der Waals surface area contributed by atoms with Crippen molar-refractivity contribution in [3.63, 3.8) is 0 Å². The normalized spacial score (nSPS) is 18.7. The van der Waals surface area contributed by atoms with Gasteiger partial charge in [0.05, 0.1) is 17.7 Å². The maximum absolute atomic E-state index is 12.2. The van der Waals surface area contributed by atoms with Gasteiger partial charge in [-0.1, -0.05) is 0 Å². The van der Waals surface area contributed by atoms with Crippen LogP contribution in [-0.4, -0.2) is 60.5 Å². The molecule has 0 unspecified atom stereocenters. The topological polar surface area (TPSA) is 48.5 Å². The van der Waals surface area contributed by atoms with E-state index in [4.69, 9.17) is 0 Å². The van der Waals surface area contributed by atoms with Gasteiger partial charge < -0.3 is 10.2 Å². The number of carbonyl (C=O) groups excluding carboxylic acids is 1. The van der Waals surface area contributed by atoms with Crippen LogP contribution in [0.1, 0.15) is 29.3 Å². The van der Waals surface area contributed by atoms with Crippen LogP contribution in [0.4, 0.5) is 0 Å². The molecule has 0 bridgehead atoms. The summed E-state index contributed by atoms with van der Waals surface area (Å²) in [6.07, 6.45) is 2.56. The first kappa shape index (κ1) is 16.7. The lowest BCUT2D eigenvalue weighted by atomic mass is 10.2. The van der Waals surface area contributed by atoms with Crippen LogP contribution in [0.2, 0.25) is 0 Å². The van der Waals surface area contributed by atoms with Gasteiger partial charge in [0, 0.05) is 43.5 Å². The van der Waals surface area contributed by atoms with Gasteiger partial charge >= 0.3 is 0 Å². The Balaban J connectivity index is 0.00000161. The number of hydrogen-bond acceptors (Lipinski definition) is 5. The molecule has 2 heterocycles. The first-order valence-electron chi connectivity index (χ1n) is 7.33. The lowest BCUT2D eigenvalue weighted by molar-refractivity contribution is -0.132. The molecular formula is C14H23ClN4OS. The van der Waals surface area contributed by atoms with E-state index in [9.17, 15) is 4.79 Å². The minimum absolute atomic E-state index is 0. The van der Waals surface area contributed by atoms with Crippen LogP contribution in [0.3, 0.4) is 0 Å². The number of halogens is 1. The molecule has 1 N–H and O–H groups in total. The molecule has 0 aromatic carbocycles. The highest BCUT2D eigenvalue weighted by Crippen LogP contribution is 2.41. The van der Waals surface area contributed by atoms with Crippen molar-refractivity contribution in [3.05, 3.63) is 16.1 Å². The second kappa shape index (κ2) is 7.54. The summed E-state index contributed by atoms with van der Waals surface area (Å²) >= 11 is 1.72. The van der Waals surface area contributed by atoms with Gasteiger partial charge in [-0.2, -0.15) is 0 Å². The molecule has 3 rings (SSSR count). The van der Waals surface area contributed by atoms with E-state index in [0.29, 0.717) is 12.5 Å². The number of piperazine rings is 1. The molecule has 2 aliphatic rings. The summed E-state index contributed by atoms with van der Waals surface area (Å²) in [6, 6.07) is 0. The van der Waals surface area contributed by atoms with Crippen LogP contribution in [-0.2, 0) is 11.3 Å². The van der Waals surface area contributed by atoms with Gasteiger partial charge in [0.2, 0.25) is 5.91 Å². The second-order valence-electron chi connectivity index (χ2n) is 5.74. The van der Waals surface area contributed by atoms with Crippen LogP contribution in [0.15, 0.2) is 5.51 Å². The molecule has 0 radical (unpaired) electrons. The molecule has 1 aliphatic heterocycles. The summed E-state index contributed by atoms with van der Waals surface area (Å²) in [5.41, 5.74) is 3.21. The number of nitrogens with zero attached hydrogens (tertiary/aromatic N) is 3. The minimum atomic E-state index is 0. The van der Waals surface area contributed by atoms with Crippen LogP contribution < -0.4 is 5.32 Å². The summed E-state index contributed by atoms with van der Waals surface area (Å²) in [5, 5.41) is 3.27. The molecule has 2 fully saturated rings. The van der Waals surface area contributed by atoms with E-state index in [2.05, 4.69) is 15.2 Å². The molecule has 118 valence electrons. The highest BCUT2D eigenvalue weighted by atomic mass is 35.5. The average molecular weight is 331 g/mol. The van der Waals surface area contributed by atoms with Gasteiger partial charge in [0.15, 0.2) is 0 Å². The zero-order chi connectivity index (χ0) is 13.9. The molecule has 5 nitrogen and oxygen atoms in total. The SMILES string of the molecule is CN(CC(=O)N1CCNCC1)Cc1scnc1C1CC1.Cl. The number of thiazole rings is 1. The Bertz CT molecular complexity index is 471. The van der Waals surface area contributed by atoms with Crippen molar-refractivity contribution in [2.45, 2.75) is 25.3 Å². The number of nitrogens with one attached hydrogen (secondary N) is 1. The number of amides is 1. The second-order valence-corrected chi connectivity index (χ2v) is 6.68. The molecule has 1 aliphatic carbocycles. The third-order valence-electron chi connectivity index (χ3n) is 3.92. The lowest BCUT2D eigenvalue weighted by Gasteiger charge is -2.29. The fourth-order valence-electron chi connectivity index (χ4n) is 2.63. The van der Waals surface area contributed by atoms with E-state index in [-0.39, 0.29) is 18.3 Å². The Kier molecular flexibility index (Phi) is 5.98. The third-order valence-corrected chi connectivity index (χ3v) is 4.76. The first-order chi connectivity index (χ1) is 9.74. The summed E-state index contributed by atoms with van der Waals surface area (Å²) in [6.45, 7) is 4.84. The molecule has 1 amide bonds. The average Bonchev–Trinajstić information content (AvgIpc) is 3.20. The molecule has 1 saturated heterocycles. The number of rotatable bonds is 5. The highest BCUT2D eigenvalue weighted by molar-refractivity contribution is 7.09. The standard InChI is InChI=1S/C14H22N4OS.ClH/c1-17(9-13(19)18-6-4-15-5-7-18)8-12-14(11-2-3-11)16-10-20-12;/h10-11,15H,2-9H2,1H3;1H. The molecule has 1 aromatic heterocycles. The van der Waals surface area contributed by atoms with Crippen molar-refractivity contribution in [2.24, 2.45) is 0 Å². The molecule has 1 aromatic rings. The van der Waals surface area contributed by atoms with Crippen molar-refractivity contribution in [3.8, 4) is 0 Å². The number of hydrogen-bond donors (Lipinski definition) is 1. The van der Waals surface area contributed by atoms with E-state index < -0.39 is 0 Å². The van der Waals surface area contributed by atoms with Gasteiger partial charge in [-0.25, -0.2) is 4.98 Å². The molecule has 21 heavy (non-hydrogen) atoms. The Morgan fingerprint density at radius 2 is 2.19 bits per heavy atom. The van der Waals surface area contributed by atoms with Crippen molar-refractivity contribution in [2.75, 3.05) is 39.8 Å². The maximum atomic E-state index is 12.2. The van der Waals surface area contributed by atoms with Gasteiger partial charge in [-0.05, 0) is 19.9 Å². The van der Waals surface area contributed by atoms with E-state index in [1.165, 1.54) is 23.4 Å². The van der Waals surface area contributed by atoms with Gasteiger partial charge in [0.1, 0.15) is 0 Å². The maximum Gasteiger partial charge on any atom is 0.236 e. The lowest BCUT2D eigenvalue weighted by Crippen LogP contribution is -2.49. The van der Waals surface area contributed by atoms with Crippen molar-refractivity contribution < 1.29 is 4.79 Å². The monoisotopic (exact) mass is 330 g/mol. The van der Waals surface area contributed by atoms with Crippen LogP contribution in [0.5, 0.6) is 0 Å². The molecule has 0 spiro atoms. The van der Waals surface area contributed by atoms with Crippen molar-refractivity contribution >= 4 is 29.7 Å². The van der Waals surface area contributed by atoms with Gasteiger partial charge in [-0.3, -0.25) is 9.69 Å². The van der Waals surface area contributed by atoms with E-state index in [0.717, 1.165) is 32.7 Å². The summed E-state index contributed by atoms with van der Waals surface area (Å²) in [4.78, 5) is 22.1. The Morgan fingerprint density at radius 3 is 2.86 bits per heavy atom. The molecule has 1 saturated carbocycles. The number of likely N-dealkylation sites (N-methyl/N-ethyl adjacent to an activating group) is 1. The van der Waals surface area contributed by atoms with Gasteiger partial charge in [0.25, 0.3) is 0 Å². The largest absolute Gasteiger partial charge is 0.339 e. The van der Waals surface area contributed by atoms with Crippen LogP contribution in [0.25, 0.3) is 0 Å². The summed E-state index contributed by atoms with van der Waals surface area (Å²) in [5.74, 6) is 0.931. The predicted octanol–water partition coefficient (Wildman–Crippen LogP) is 1.31. The zero-order valence-electron chi connectivity index (χ0n) is 12.4. The number of aromatic nitrogens is 1. The molecule has 0 atom stereocenters. The summed E-state index contributed by atoms with van der Waals surface area (Å²) in [7, 11) is 2.02. The smallest absolute Gasteiger partial charge is 0.236 e. The quantitative estimate of drug-likeness (QED) is 0.884. The van der Waals surface area contributed by atoms with Crippen LogP contribution in [0, 0.1) is 0 Å². The van der Waals surface area contributed by atoms with E-state index >= 15 is 0 Å². The van der Waals surface area contributed by atoms with Crippen molar-refractivity contribution in [1.29, 1.82) is 0 Å². The van der Waals surface area contributed by atoms with Crippen LogP contribution >= 0.6 is 23.7 Å². The van der Waals surface area contributed by atoms with Gasteiger partial charge in [-0.15, -0.1) is 23.7 Å². The third kappa shape index (κ3) is 4.39. The predicted molar refractivity (Wildman–Crippen MR) is 87.1 cm³/mol. The Morgan fingerprint density at radius 1 is 1.48 bits per heavy atom. The fourth-order valence-corrected chi connectivity index (χ4v) is 3.56. The highest BCUT2D eigenvalue weighted by Gasteiger charge is 2.28. The zero-order valence-corrected chi connectivity index (χ0v) is 14.0. The fraction of sp³-hybridized carbons (Fsp3) is 0.714. The van der Waals surface area contributed by atoms with E-state index in [1.54, 1.807) is 11.3 Å². The molecule has 7 heteroatoms. The minimum Gasteiger partial charge on any atom is -0.339 e. The summed E-state index contributed by atoms with van der Waals surface area (Å²) < 4.78 is 0. The molecular weight excluding hydrogens is 308 g/mol. The first-order valence-corrected chi connectivity index (χ1v) is 8.21. The van der Waals surface area contributed by atoms with E-state index in [1.807, 2.05) is 17.5 Å². The Hall–Kier alpha value is -0.690. The van der Waals surface area contributed by atoms with Crippen molar-refractivity contribution in [1.82, 2.24) is 20.1 Å². The number of carbonyl (C=O) groups is 1. The Labute approximate surface area is 136 Å².